The molecule has 9 heteroatoms. The van der Waals surface area contributed by atoms with Crippen molar-refractivity contribution in [2.24, 2.45) is 0 Å². The second-order valence-corrected chi connectivity index (χ2v) is 6.80. The largest absolute Gasteiger partial charge is 0.441 e. The fraction of sp³-hybridized carbons (Fsp3) is 0.273. The fourth-order valence-electron chi connectivity index (χ4n) is 2.76. The molecule has 5 nitrogen and oxygen atoms in total. The molecule has 164 valence electrons. The third kappa shape index (κ3) is 7.21. The van der Waals surface area contributed by atoms with Gasteiger partial charge in [-0.2, -0.15) is 13.2 Å². The van der Waals surface area contributed by atoms with E-state index in [1.54, 1.807) is 42.5 Å². The van der Waals surface area contributed by atoms with Gasteiger partial charge in [0, 0.05) is 19.4 Å². The van der Waals surface area contributed by atoms with Gasteiger partial charge in [-0.15, -0.1) is 0 Å². The summed E-state index contributed by atoms with van der Waals surface area (Å²) in [5.74, 6) is -0.00599. The molecule has 2 aromatic carbocycles. The van der Waals surface area contributed by atoms with E-state index in [1.165, 1.54) is 12.3 Å². The van der Waals surface area contributed by atoms with Gasteiger partial charge in [0.25, 0.3) is 0 Å². The van der Waals surface area contributed by atoms with Crippen molar-refractivity contribution in [2.45, 2.75) is 32.2 Å². The lowest BCUT2D eigenvalue weighted by molar-refractivity contribution is -0.176. The number of oxazole rings is 1. The van der Waals surface area contributed by atoms with E-state index in [0.717, 1.165) is 5.56 Å². The number of ether oxygens (including phenoxy) is 1. The van der Waals surface area contributed by atoms with Crippen LogP contribution in [0.1, 0.15) is 23.4 Å². The molecule has 3 aromatic rings. The van der Waals surface area contributed by atoms with Crippen LogP contribution in [0.15, 0.2) is 59.1 Å². The fourth-order valence-corrected chi connectivity index (χ4v) is 2.76. The van der Waals surface area contributed by atoms with Crippen LogP contribution in [0, 0.1) is 5.82 Å². The molecule has 0 aliphatic carbocycles. The van der Waals surface area contributed by atoms with Crippen LogP contribution in [0.5, 0.6) is 0 Å². The second-order valence-electron chi connectivity index (χ2n) is 6.80. The molecule has 0 fully saturated rings. The van der Waals surface area contributed by atoms with E-state index >= 15 is 0 Å². The first-order valence-electron chi connectivity index (χ1n) is 9.49. The topological polar surface area (TPSA) is 64.4 Å². The van der Waals surface area contributed by atoms with Gasteiger partial charge in [0.05, 0.1) is 18.4 Å². The number of aryl methyl sites for hydroxylation is 1. The van der Waals surface area contributed by atoms with Crippen LogP contribution in [-0.2, 0) is 29.1 Å². The standard InChI is InChI=1S/C22H20F4N2O3/c23-18-4-2-1-3-17(18)19-12-28-21(31-19)10-9-20(29)27-11-15-5-7-16(8-6-15)13-30-14-22(24,25)26/h1-8,12H,9-11,13-14H2,(H,27,29). The second kappa shape index (κ2) is 10.2. The Kier molecular flexibility index (Phi) is 7.41. The lowest BCUT2D eigenvalue weighted by Crippen LogP contribution is -2.23. The van der Waals surface area contributed by atoms with E-state index in [2.05, 4.69) is 15.0 Å². The Labute approximate surface area is 176 Å². The van der Waals surface area contributed by atoms with Gasteiger partial charge in [-0.3, -0.25) is 4.79 Å². The van der Waals surface area contributed by atoms with Crippen LogP contribution in [0.4, 0.5) is 17.6 Å². The highest BCUT2D eigenvalue weighted by molar-refractivity contribution is 5.76. The summed E-state index contributed by atoms with van der Waals surface area (Å²) < 4.78 is 60.1. The molecule has 0 aliphatic rings. The van der Waals surface area contributed by atoms with E-state index in [-0.39, 0.29) is 31.9 Å². The van der Waals surface area contributed by atoms with E-state index in [1.807, 2.05) is 0 Å². The Morgan fingerprint density at radius 2 is 1.77 bits per heavy atom. The third-order valence-corrected chi connectivity index (χ3v) is 4.31. The van der Waals surface area contributed by atoms with E-state index in [4.69, 9.17) is 4.42 Å². The molecule has 1 aromatic heterocycles. The van der Waals surface area contributed by atoms with Crippen LogP contribution < -0.4 is 5.32 Å². The summed E-state index contributed by atoms with van der Waals surface area (Å²) in [7, 11) is 0. The molecule has 0 atom stereocenters. The van der Waals surface area contributed by atoms with Crippen molar-refractivity contribution >= 4 is 5.91 Å². The minimum atomic E-state index is -4.35. The number of nitrogens with one attached hydrogen (secondary N) is 1. The van der Waals surface area contributed by atoms with Gasteiger partial charge in [-0.25, -0.2) is 9.37 Å². The molecule has 1 N–H and O–H groups in total. The van der Waals surface area contributed by atoms with E-state index in [9.17, 15) is 22.4 Å². The normalized spacial score (nSPS) is 11.5. The average molecular weight is 436 g/mol. The number of rotatable bonds is 9. The predicted octanol–water partition coefficient (Wildman–Crippen LogP) is 4.81. The maximum Gasteiger partial charge on any atom is 0.411 e. The molecule has 1 amide bonds. The lowest BCUT2D eigenvalue weighted by atomic mass is 10.1. The number of nitrogens with zero attached hydrogens (tertiary/aromatic N) is 1. The lowest BCUT2D eigenvalue weighted by Gasteiger charge is -2.09. The van der Waals surface area contributed by atoms with Gasteiger partial charge in [-0.1, -0.05) is 36.4 Å². The molecule has 0 saturated heterocycles. The maximum atomic E-state index is 13.8. The number of halogens is 4. The molecule has 31 heavy (non-hydrogen) atoms. The maximum absolute atomic E-state index is 13.8. The van der Waals surface area contributed by atoms with Crippen LogP contribution >= 0.6 is 0 Å². The number of hydrogen-bond donors (Lipinski definition) is 1. The Morgan fingerprint density at radius 3 is 2.48 bits per heavy atom. The quantitative estimate of drug-likeness (QED) is 0.489. The van der Waals surface area contributed by atoms with Crippen LogP contribution in [-0.4, -0.2) is 23.7 Å². The molecule has 0 unspecified atom stereocenters. The number of benzene rings is 2. The summed E-state index contributed by atoms with van der Waals surface area (Å²) in [4.78, 5) is 16.1. The number of carbonyl (C=O) groups excluding carboxylic acids is 1. The number of amides is 1. The molecule has 0 spiro atoms. The van der Waals surface area contributed by atoms with Gasteiger partial charge >= 0.3 is 6.18 Å². The Balaban J connectivity index is 1.41. The molecule has 0 aliphatic heterocycles. The van der Waals surface area contributed by atoms with Gasteiger partial charge in [0.15, 0.2) is 11.7 Å². The van der Waals surface area contributed by atoms with Gasteiger partial charge < -0.3 is 14.5 Å². The monoisotopic (exact) mass is 436 g/mol. The molecule has 0 radical (unpaired) electrons. The van der Waals surface area contributed by atoms with Gasteiger partial charge in [-0.05, 0) is 23.3 Å². The van der Waals surface area contributed by atoms with Crippen LogP contribution in [0.25, 0.3) is 11.3 Å². The van der Waals surface area contributed by atoms with E-state index < -0.39 is 18.6 Å². The summed E-state index contributed by atoms with van der Waals surface area (Å²) in [6.45, 7) is -1.16. The van der Waals surface area contributed by atoms with Crippen molar-refractivity contribution in [3.8, 4) is 11.3 Å². The highest BCUT2D eigenvalue weighted by atomic mass is 19.4. The van der Waals surface area contributed by atoms with Crippen LogP contribution in [0.2, 0.25) is 0 Å². The molecule has 3 rings (SSSR count). The molecular weight excluding hydrogens is 416 g/mol. The van der Waals surface area contributed by atoms with Crippen molar-refractivity contribution in [3.63, 3.8) is 0 Å². The number of hydrogen-bond acceptors (Lipinski definition) is 4. The summed E-state index contributed by atoms with van der Waals surface area (Å²) in [6.07, 6.45) is -2.53. The molecule has 0 bridgehead atoms. The minimum Gasteiger partial charge on any atom is -0.441 e. The zero-order valence-corrected chi connectivity index (χ0v) is 16.4. The van der Waals surface area contributed by atoms with Crippen molar-refractivity contribution in [2.75, 3.05) is 6.61 Å². The molecular formula is C22H20F4N2O3. The Morgan fingerprint density at radius 1 is 1.06 bits per heavy atom. The zero-order chi connectivity index (χ0) is 22.3. The van der Waals surface area contributed by atoms with Gasteiger partial charge in [0.1, 0.15) is 12.4 Å². The number of aromatic nitrogens is 1. The summed E-state index contributed by atoms with van der Waals surface area (Å²) in [5.41, 5.74) is 1.71. The number of carbonyl (C=O) groups is 1. The van der Waals surface area contributed by atoms with E-state index in [0.29, 0.717) is 22.8 Å². The Hall–Kier alpha value is -3.20. The van der Waals surface area contributed by atoms with Crippen molar-refractivity contribution in [3.05, 3.63) is 77.6 Å². The summed E-state index contributed by atoms with van der Waals surface area (Å²) in [6, 6.07) is 12.9. The van der Waals surface area contributed by atoms with Gasteiger partial charge in [0.2, 0.25) is 5.91 Å². The zero-order valence-electron chi connectivity index (χ0n) is 16.4. The first-order valence-corrected chi connectivity index (χ1v) is 9.49. The van der Waals surface area contributed by atoms with Crippen LogP contribution in [0.3, 0.4) is 0 Å². The minimum absolute atomic E-state index is 0.139. The highest BCUT2D eigenvalue weighted by Gasteiger charge is 2.27. The smallest absolute Gasteiger partial charge is 0.411 e. The first kappa shape index (κ1) is 22.5. The third-order valence-electron chi connectivity index (χ3n) is 4.31. The van der Waals surface area contributed by atoms with Crippen molar-refractivity contribution in [1.82, 2.24) is 10.3 Å². The van der Waals surface area contributed by atoms with Crippen molar-refractivity contribution < 1.29 is 31.5 Å². The Bertz CT molecular complexity index is 1000. The highest BCUT2D eigenvalue weighted by Crippen LogP contribution is 2.23. The average Bonchev–Trinajstić information content (AvgIpc) is 3.20. The first-order chi connectivity index (χ1) is 14.8. The predicted molar refractivity (Wildman–Crippen MR) is 104 cm³/mol. The number of alkyl halides is 3. The summed E-state index contributed by atoms with van der Waals surface area (Å²) >= 11 is 0. The molecule has 0 saturated carbocycles. The van der Waals surface area contributed by atoms with Crippen molar-refractivity contribution in [1.29, 1.82) is 0 Å². The SMILES string of the molecule is O=C(CCc1ncc(-c2ccccc2F)o1)NCc1ccc(COCC(F)(F)F)cc1. The molecule has 1 heterocycles. The summed E-state index contributed by atoms with van der Waals surface area (Å²) in [5, 5.41) is 2.75.